The Bertz CT molecular complexity index is 1660. The standard InChI is InChI=1S/C34H36ClN3O5S/c1-4-36-34(40)32(22-26-9-6-5-7-10-26)37(23-27-11-8-12-28(35)21-27)33(39)24-38(29-15-13-25(2)14-16-29)44(41,42)31-19-17-30(43-3)18-20-31/h5-21,32H,4,22-24H2,1-3H3,(H,36,40). The molecule has 10 heteroatoms. The van der Waals surface area contributed by atoms with Crippen LogP contribution >= 0.6 is 11.6 Å². The van der Waals surface area contributed by atoms with Crippen LogP contribution in [-0.4, -0.2) is 51.4 Å². The minimum atomic E-state index is -4.21. The van der Waals surface area contributed by atoms with E-state index in [0.29, 0.717) is 28.6 Å². The SMILES string of the molecule is CCNC(=O)C(Cc1ccccc1)N(Cc1cccc(Cl)c1)C(=O)CN(c1ccc(C)cc1)S(=O)(=O)c1ccc(OC)cc1. The summed E-state index contributed by atoms with van der Waals surface area (Å²) in [6.07, 6.45) is 0.231. The number of methoxy groups -OCH3 is 1. The van der Waals surface area contributed by atoms with Gasteiger partial charge in [0.2, 0.25) is 11.8 Å². The van der Waals surface area contributed by atoms with E-state index in [1.807, 2.05) is 43.3 Å². The average molecular weight is 634 g/mol. The Labute approximate surface area is 264 Å². The lowest BCUT2D eigenvalue weighted by atomic mass is 10.0. The molecule has 0 fully saturated rings. The van der Waals surface area contributed by atoms with Gasteiger partial charge in [-0.1, -0.05) is 71.8 Å². The van der Waals surface area contributed by atoms with Crippen molar-refractivity contribution in [1.82, 2.24) is 10.2 Å². The second kappa shape index (κ2) is 14.9. The van der Waals surface area contributed by atoms with Crippen LogP contribution in [0.4, 0.5) is 5.69 Å². The smallest absolute Gasteiger partial charge is 0.264 e. The molecule has 0 heterocycles. The molecule has 1 N–H and O–H groups in total. The van der Waals surface area contributed by atoms with Crippen molar-refractivity contribution in [2.24, 2.45) is 0 Å². The maximum absolute atomic E-state index is 14.4. The fourth-order valence-electron chi connectivity index (χ4n) is 4.79. The van der Waals surface area contributed by atoms with Gasteiger partial charge in [-0.3, -0.25) is 13.9 Å². The third kappa shape index (κ3) is 8.18. The highest BCUT2D eigenvalue weighted by Gasteiger charge is 2.34. The second-order valence-corrected chi connectivity index (χ2v) is 12.6. The van der Waals surface area contributed by atoms with Crippen molar-refractivity contribution in [3.8, 4) is 5.75 Å². The second-order valence-electron chi connectivity index (χ2n) is 10.3. The first-order valence-corrected chi connectivity index (χ1v) is 16.0. The van der Waals surface area contributed by atoms with Gasteiger partial charge in [-0.25, -0.2) is 8.42 Å². The molecule has 0 radical (unpaired) electrons. The molecule has 0 saturated heterocycles. The number of nitrogens with zero attached hydrogens (tertiary/aromatic N) is 2. The van der Waals surface area contributed by atoms with Gasteiger partial charge < -0.3 is 15.0 Å². The molecule has 4 rings (SSSR count). The fourth-order valence-corrected chi connectivity index (χ4v) is 6.42. The number of benzene rings is 4. The number of sulfonamides is 1. The number of hydrogen-bond acceptors (Lipinski definition) is 5. The van der Waals surface area contributed by atoms with Crippen LogP contribution in [0.3, 0.4) is 0 Å². The summed E-state index contributed by atoms with van der Waals surface area (Å²) in [5, 5.41) is 3.34. The fraction of sp³-hybridized carbons (Fsp3) is 0.235. The lowest BCUT2D eigenvalue weighted by Gasteiger charge is -2.34. The quantitative estimate of drug-likeness (QED) is 0.206. The molecule has 0 aliphatic carbocycles. The Morgan fingerprint density at radius 2 is 1.55 bits per heavy atom. The minimum absolute atomic E-state index is 0.00220. The van der Waals surface area contributed by atoms with E-state index in [1.54, 1.807) is 61.5 Å². The number of likely N-dealkylation sites (N-methyl/N-ethyl adjacent to an activating group) is 1. The monoisotopic (exact) mass is 633 g/mol. The van der Waals surface area contributed by atoms with Crippen molar-refractivity contribution in [2.75, 3.05) is 24.5 Å². The summed E-state index contributed by atoms with van der Waals surface area (Å²) >= 11 is 6.28. The molecule has 4 aromatic rings. The number of ether oxygens (including phenoxy) is 1. The van der Waals surface area contributed by atoms with Gasteiger partial charge >= 0.3 is 0 Å². The van der Waals surface area contributed by atoms with E-state index in [1.165, 1.54) is 24.1 Å². The predicted octanol–water partition coefficient (Wildman–Crippen LogP) is 5.63. The highest BCUT2D eigenvalue weighted by Crippen LogP contribution is 2.27. The summed E-state index contributed by atoms with van der Waals surface area (Å²) < 4.78 is 34.5. The molecule has 4 aromatic carbocycles. The van der Waals surface area contributed by atoms with Crippen LogP contribution in [0.5, 0.6) is 5.75 Å². The number of carbonyl (C=O) groups is 2. The number of hydrogen-bond donors (Lipinski definition) is 1. The maximum atomic E-state index is 14.4. The number of halogens is 1. The van der Waals surface area contributed by atoms with Gasteiger partial charge in [-0.2, -0.15) is 0 Å². The molecule has 0 aliphatic heterocycles. The van der Waals surface area contributed by atoms with Gasteiger partial charge in [0.15, 0.2) is 0 Å². The Kier molecular flexibility index (Phi) is 11.0. The first-order chi connectivity index (χ1) is 21.1. The Morgan fingerprint density at radius 3 is 2.16 bits per heavy atom. The van der Waals surface area contributed by atoms with E-state index in [4.69, 9.17) is 16.3 Å². The third-order valence-electron chi connectivity index (χ3n) is 7.11. The average Bonchev–Trinajstić information content (AvgIpc) is 3.02. The van der Waals surface area contributed by atoms with Crippen LogP contribution in [0.15, 0.2) is 108 Å². The maximum Gasteiger partial charge on any atom is 0.264 e. The molecule has 0 bridgehead atoms. The van der Waals surface area contributed by atoms with Gasteiger partial charge in [-0.15, -0.1) is 0 Å². The zero-order chi connectivity index (χ0) is 31.7. The molecule has 0 saturated carbocycles. The van der Waals surface area contributed by atoms with Gasteiger partial charge in [-0.05, 0) is 73.5 Å². The Hall–Kier alpha value is -4.34. The van der Waals surface area contributed by atoms with E-state index in [0.717, 1.165) is 15.4 Å². The zero-order valence-corrected chi connectivity index (χ0v) is 26.5. The van der Waals surface area contributed by atoms with Crippen molar-refractivity contribution < 1.29 is 22.7 Å². The molecule has 230 valence electrons. The Morgan fingerprint density at radius 1 is 0.886 bits per heavy atom. The molecule has 0 aromatic heterocycles. The molecular formula is C34H36ClN3O5S. The largest absolute Gasteiger partial charge is 0.497 e. The first-order valence-electron chi connectivity index (χ1n) is 14.2. The summed E-state index contributed by atoms with van der Waals surface area (Å²) in [7, 11) is -2.71. The van der Waals surface area contributed by atoms with Crippen molar-refractivity contribution in [3.63, 3.8) is 0 Å². The van der Waals surface area contributed by atoms with Crippen molar-refractivity contribution in [3.05, 3.63) is 125 Å². The highest BCUT2D eigenvalue weighted by molar-refractivity contribution is 7.92. The van der Waals surface area contributed by atoms with Crippen LogP contribution in [0.25, 0.3) is 0 Å². The van der Waals surface area contributed by atoms with E-state index in [9.17, 15) is 18.0 Å². The number of rotatable bonds is 13. The van der Waals surface area contributed by atoms with Crippen LogP contribution < -0.4 is 14.4 Å². The number of amides is 2. The van der Waals surface area contributed by atoms with E-state index in [-0.39, 0.29) is 23.8 Å². The number of nitrogens with one attached hydrogen (secondary N) is 1. The van der Waals surface area contributed by atoms with E-state index in [2.05, 4.69) is 5.32 Å². The molecule has 0 spiro atoms. The van der Waals surface area contributed by atoms with E-state index >= 15 is 0 Å². The van der Waals surface area contributed by atoms with Crippen molar-refractivity contribution in [1.29, 1.82) is 0 Å². The predicted molar refractivity (Wildman–Crippen MR) is 173 cm³/mol. The molecule has 1 unspecified atom stereocenters. The van der Waals surface area contributed by atoms with Gasteiger partial charge in [0.1, 0.15) is 18.3 Å². The molecule has 8 nitrogen and oxygen atoms in total. The third-order valence-corrected chi connectivity index (χ3v) is 9.14. The summed E-state index contributed by atoms with van der Waals surface area (Å²) in [6.45, 7) is 3.57. The summed E-state index contributed by atoms with van der Waals surface area (Å²) in [6, 6.07) is 28.4. The van der Waals surface area contributed by atoms with Crippen molar-refractivity contribution >= 4 is 39.1 Å². The number of aryl methyl sites for hydroxylation is 1. The molecule has 1 atom stereocenters. The Balaban J connectivity index is 1.79. The first kappa shape index (κ1) is 32.6. The van der Waals surface area contributed by atoms with Crippen molar-refractivity contribution in [2.45, 2.75) is 37.8 Å². The van der Waals surface area contributed by atoms with Crippen LogP contribution in [0.1, 0.15) is 23.6 Å². The topological polar surface area (TPSA) is 96.0 Å². The summed E-state index contributed by atoms with van der Waals surface area (Å²) in [5.41, 5.74) is 2.81. The lowest BCUT2D eigenvalue weighted by Crippen LogP contribution is -2.53. The number of anilines is 1. The molecule has 2 amide bonds. The minimum Gasteiger partial charge on any atom is -0.497 e. The van der Waals surface area contributed by atoms with Gasteiger partial charge in [0, 0.05) is 24.5 Å². The molecule has 0 aliphatic rings. The zero-order valence-electron chi connectivity index (χ0n) is 24.9. The van der Waals surface area contributed by atoms with Crippen LogP contribution in [0.2, 0.25) is 5.02 Å². The summed E-state index contributed by atoms with van der Waals surface area (Å²) in [5.74, 6) is -0.387. The lowest BCUT2D eigenvalue weighted by molar-refractivity contribution is -0.140. The molecular weight excluding hydrogens is 598 g/mol. The van der Waals surface area contributed by atoms with Crippen LogP contribution in [-0.2, 0) is 32.6 Å². The number of carbonyl (C=O) groups excluding carboxylic acids is 2. The summed E-state index contributed by atoms with van der Waals surface area (Å²) in [4.78, 5) is 29.4. The normalized spacial score (nSPS) is 11.8. The van der Waals surface area contributed by atoms with E-state index < -0.39 is 28.5 Å². The molecule has 44 heavy (non-hydrogen) atoms. The van der Waals surface area contributed by atoms with Gasteiger partial charge in [0.05, 0.1) is 17.7 Å². The van der Waals surface area contributed by atoms with Gasteiger partial charge in [0.25, 0.3) is 10.0 Å². The van der Waals surface area contributed by atoms with Crippen LogP contribution in [0, 0.1) is 6.92 Å². The highest BCUT2D eigenvalue weighted by atomic mass is 35.5.